The lowest BCUT2D eigenvalue weighted by Crippen LogP contribution is -2.60. The van der Waals surface area contributed by atoms with Gasteiger partial charge in [-0.1, -0.05) is 23.4 Å². The van der Waals surface area contributed by atoms with E-state index in [2.05, 4.69) is 26.9 Å². The van der Waals surface area contributed by atoms with E-state index < -0.39 is 30.2 Å². The highest BCUT2D eigenvalue weighted by Crippen LogP contribution is 2.38. The molecule has 0 aliphatic carbocycles. The van der Waals surface area contributed by atoms with Crippen molar-refractivity contribution >= 4 is 27.3 Å². The van der Waals surface area contributed by atoms with Crippen molar-refractivity contribution in [2.75, 3.05) is 26.2 Å². The van der Waals surface area contributed by atoms with Gasteiger partial charge >= 0.3 is 6.18 Å². The fourth-order valence-corrected chi connectivity index (χ4v) is 6.04. The van der Waals surface area contributed by atoms with Crippen molar-refractivity contribution in [1.82, 2.24) is 14.8 Å². The zero-order valence-corrected chi connectivity index (χ0v) is 22.3. The number of hydrogen-bond donors (Lipinski definition) is 1. The van der Waals surface area contributed by atoms with Crippen LogP contribution in [-0.4, -0.2) is 70.2 Å². The number of oxime groups is 1. The van der Waals surface area contributed by atoms with Crippen LogP contribution in [0.1, 0.15) is 42.5 Å². The van der Waals surface area contributed by atoms with E-state index >= 15 is 0 Å². The molecule has 38 heavy (non-hydrogen) atoms. The van der Waals surface area contributed by atoms with Crippen molar-refractivity contribution in [3.8, 4) is 5.75 Å². The minimum atomic E-state index is -4.44. The zero-order chi connectivity index (χ0) is 27.0. The van der Waals surface area contributed by atoms with Crippen molar-refractivity contribution < 1.29 is 27.9 Å². The van der Waals surface area contributed by atoms with Crippen molar-refractivity contribution in [2.24, 2.45) is 5.16 Å². The van der Waals surface area contributed by atoms with Crippen LogP contribution >= 0.6 is 11.3 Å². The maximum absolute atomic E-state index is 13.4. The number of thiazole rings is 1. The largest absolute Gasteiger partial charge is 0.472 e. The molecule has 11 heteroatoms. The van der Waals surface area contributed by atoms with Crippen LogP contribution in [0.4, 0.5) is 13.2 Å². The summed E-state index contributed by atoms with van der Waals surface area (Å²) in [6, 6.07) is 11.4. The summed E-state index contributed by atoms with van der Waals surface area (Å²) >= 11 is 1.63. The molecule has 0 radical (unpaired) electrons. The summed E-state index contributed by atoms with van der Waals surface area (Å²) in [7, 11) is 0. The third kappa shape index (κ3) is 5.80. The van der Waals surface area contributed by atoms with Gasteiger partial charge in [-0.25, -0.2) is 4.98 Å². The quantitative estimate of drug-likeness (QED) is 0.436. The molecule has 0 bridgehead atoms. The Morgan fingerprint density at radius 1 is 1.21 bits per heavy atom. The zero-order valence-electron chi connectivity index (χ0n) is 21.5. The molecule has 3 aromatic rings. The Bertz CT molecular complexity index is 1310. The van der Waals surface area contributed by atoms with E-state index in [0.29, 0.717) is 38.3 Å². The van der Waals surface area contributed by atoms with Crippen LogP contribution in [0.5, 0.6) is 5.75 Å². The minimum absolute atomic E-state index is 0.0678. The number of aliphatic hydroxyl groups excluding tert-OH is 1. The average molecular weight is 549 g/mol. The lowest BCUT2D eigenvalue weighted by molar-refractivity contribution is -0.139. The normalized spacial score (nSPS) is 22.8. The summed E-state index contributed by atoms with van der Waals surface area (Å²) in [5.74, 6) is 0.658. The number of rotatable bonds is 7. The number of hydrogen-bond acceptors (Lipinski definition) is 8. The molecular formula is C27H31F3N4O3S. The van der Waals surface area contributed by atoms with Crippen LogP contribution in [0.15, 0.2) is 47.6 Å². The van der Waals surface area contributed by atoms with Crippen LogP contribution < -0.4 is 4.74 Å². The molecule has 204 valence electrons. The molecule has 5 rings (SSSR count). The number of nitrogens with zero attached hydrogens (tertiary/aromatic N) is 4. The third-order valence-electron chi connectivity index (χ3n) is 6.97. The Hall–Kier alpha value is -2.73. The molecule has 4 atom stereocenters. The summed E-state index contributed by atoms with van der Waals surface area (Å²) in [6.07, 6.45) is -6.12. The van der Waals surface area contributed by atoms with Gasteiger partial charge in [-0.2, -0.15) is 13.2 Å². The van der Waals surface area contributed by atoms with Gasteiger partial charge < -0.3 is 14.7 Å². The summed E-state index contributed by atoms with van der Waals surface area (Å²) in [5, 5.41) is 15.7. The van der Waals surface area contributed by atoms with Crippen LogP contribution in [0, 0.1) is 6.92 Å². The first-order valence-electron chi connectivity index (χ1n) is 12.7. The molecule has 2 aliphatic heterocycles. The maximum Gasteiger partial charge on any atom is 0.416 e. The van der Waals surface area contributed by atoms with Gasteiger partial charge in [-0.3, -0.25) is 9.80 Å². The first-order valence-corrected chi connectivity index (χ1v) is 13.5. The molecule has 1 aromatic heterocycles. The van der Waals surface area contributed by atoms with Gasteiger partial charge in [0.15, 0.2) is 12.3 Å². The van der Waals surface area contributed by atoms with Gasteiger partial charge in [0, 0.05) is 50.3 Å². The van der Waals surface area contributed by atoms with Crippen LogP contribution in [0.25, 0.3) is 10.2 Å². The number of aromatic nitrogens is 1. The molecule has 1 N–H and O–H groups in total. The summed E-state index contributed by atoms with van der Waals surface area (Å²) < 4.78 is 47.7. The molecule has 7 nitrogen and oxygen atoms in total. The number of aliphatic hydroxyl groups is 1. The number of alkyl halides is 3. The van der Waals surface area contributed by atoms with Gasteiger partial charge in [0.05, 0.1) is 26.5 Å². The molecule has 3 heterocycles. The van der Waals surface area contributed by atoms with Crippen LogP contribution in [-0.2, 0) is 11.0 Å². The minimum Gasteiger partial charge on any atom is -0.472 e. The fourth-order valence-electron chi connectivity index (χ4n) is 5.23. The van der Waals surface area contributed by atoms with Crippen molar-refractivity contribution in [2.45, 2.75) is 57.8 Å². The number of fused-ring (bicyclic) bond motifs is 1. The van der Waals surface area contributed by atoms with Gasteiger partial charge in [-0.15, -0.1) is 11.3 Å². The first-order chi connectivity index (χ1) is 18.1. The van der Waals surface area contributed by atoms with Gasteiger partial charge in [0.1, 0.15) is 11.9 Å². The Morgan fingerprint density at radius 3 is 2.74 bits per heavy atom. The molecule has 1 saturated heterocycles. The molecule has 0 amide bonds. The molecule has 2 unspecified atom stereocenters. The molecule has 2 aliphatic rings. The molecule has 1 fully saturated rings. The lowest BCUT2D eigenvalue weighted by atomic mass is 9.98. The second-order valence-corrected chi connectivity index (χ2v) is 11.2. The van der Waals surface area contributed by atoms with Crippen molar-refractivity contribution in [1.29, 1.82) is 0 Å². The number of benzene rings is 2. The topological polar surface area (TPSA) is 70.4 Å². The third-order valence-corrected chi connectivity index (χ3v) is 7.93. The average Bonchev–Trinajstić information content (AvgIpc) is 3.47. The number of ether oxygens (including phenoxy) is 1. The second kappa shape index (κ2) is 10.8. The van der Waals surface area contributed by atoms with E-state index in [-0.39, 0.29) is 11.6 Å². The van der Waals surface area contributed by atoms with Gasteiger partial charge in [0.25, 0.3) is 0 Å². The highest BCUT2D eigenvalue weighted by Gasteiger charge is 2.38. The van der Waals surface area contributed by atoms with E-state index in [9.17, 15) is 18.3 Å². The summed E-state index contributed by atoms with van der Waals surface area (Å²) in [6.45, 7) is 8.33. The fraction of sp³-hybridized carbons (Fsp3) is 0.481. The van der Waals surface area contributed by atoms with E-state index in [1.807, 2.05) is 25.1 Å². The van der Waals surface area contributed by atoms with Gasteiger partial charge in [-0.05, 0) is 39.0 Å². The molecular weight excluding hydrogens is 517 g/mol. The Balaban J connectivity index is 1.19. The Kier molecular flexibility index (Phi) is 7.63. The van der Waals surface area contributed by atoms with E-state index in [1.54, 1.807) is 24.3 Å². The maximum atomic E-state index is 13.4. The van der Waals surface area contributed by atoms with Crippen molar-refractivity contribution in [3.63, 3.8) is 0 Å². The molecule has 0 spiro atoms. The Morgan fingerprint density at radius 2 is 2.00 bits per heavy atom. The summed E-state index contributed by atoms with van der Waals surface area (Å²) in [5.41, 5.74) is 1.03. The predicted octanol–water partition coefficient (Wildman–Crippen LogP) is 5.23. The SMILES string of the molecule is Cc1nc2cc(OC([C@@H](C)O)N3CCN(CC4=NOC(c5ccccc5C(F)(F)F)C4)C[C@@H]3C)ccc2s1. The van der Waals surface area contributed by atoms with Crippen molar-refractivity contribution in [3.05, 3.63) is 58.6 Å². The van der Waals surface area contributed by atoms with E-state index in [4.69, 9.17) is 9.57 Å². The standard InChI is InChI=1S/C27H31F3N4O3S/c1-16-14-33(15-19-12-24(37-32-19)21-6-4-5-7-22(21)27(28,29)30)10-11-34(16)26(17(2)35)36-20-8-9-25-23(13-20)31-18(3)38-25/h4-9,13,16-17,24,26,35H,10-12,14-15H2,1-3H3/t16-,17+,24?,26?/m0/s1. The Labute approximate surface area is 223 Å². The molecule has 0 saturated carbocycles. The smallest absolute Gasteiger partial charge is 0.416 e. The monoisotopic (exact) mass is 548 g/mol. The molecule has 2 aromatic carbocycles. The highest BCUT2D eigenvalue weighted by atomic mass is 32.1. The summed E-state index contributed by atoms with van der Waals surface area (Å²) in [4.78, 5) is 14.3. The highest BCUT2D eigenvalue weighted by molar-refractivity contribution is 7.18. The predicted molar refractivity (Wildman–Crippen MR) is 140 cm³/mol. The number of halogens is 3. The van der Waals surface area contributed by atoms with E-state index in [0.717, 1.165) is 27.0 Å². The van der Waals surface area contributed by atoms with E-state index in [1.165, 1.54) is 12.1 Å². The lowest BCUT2D eigenvalue weighted by Gasteiger charge is -2.44. The second-order valence-electron chi connectivity index (χ2n) is 9.97. The number of piperazine rings is 1. The first kappa shape index (κ1) is 26.9. The van der Waals surface area contributed by atoms with Crippen LogP contribution in [0.2, 0.25) is 0 Å². The van der Waals surface area contributed by atoms with Crippen LogP contribution in [0.3, 0.4) is 0 Å². The number of aryl methyl sites for hydroxylation is 1. The van der Waals surface area contributed by atoms with Gasteiger partial charge in [0.2, 0.25) is 0 Å².